The van der Waals surface area contributed by atoms with Crippen molar-refractivity contribution in [3.8, 4) is 11.5 Å². The van der Waals surface area contributed by atoms with E-state index in [0.717, 1.165) is 18.4 Å². The van der Waals surface area contributed by atoms with Crippen LogP contribution in [0.15, 0.2) is 47.6 Å². The van der Waals surface area contributed by atoms with E-state index >= 15 is 0 Å². The number of benzene rings is 2. The highest BCUT2D eigenvalue weighted by molar-refractivity contribution is 6.35. The van der Waals surface area contributed by atoms with Gasteiger partial charge in [0.15, 0.2) is 18.1 Å². The number of aryl methyl sites for hydroxylation is 1. The number of para-hydroxylation sites is 2. The number of amides is 3. The Morgan fingerprint density at radius 1 is 1.10 bits per heavy atom. The number of hydrogen-bond acceptors (Lipinski definition) is 6. The summed E-state index contributed by atoms with van der Waals surface area (Å²) < 4.78 is 11.0. The zero-order valence-corrected chi connectivity index (χ0v) is 17.3. The third kappa shape index (κ3) is 6.30. The van der Waals surface area contributed by atoms with Gasteiger partial charge < -0.3 is 20.1 Å². The highest BCUT2D eigenvalue weighted by atomic mass is 16.5. The number of carbonyl (C=O) groups excluding carboxylic acids is 3. The molecular weight excluding hydrogens is 400 g/mol. The summed E-state index contributed by atoms with van der Waals surface area (Å²) in [7, 11) is 1.47. The van der Waals surface area contributed by atoms with Crippen LogP contribution in [0.4, 0.5) is 5.69 Å². The molecule has 0 aliphatic heterocycles. The van der Waals surface area contributed by atoms with E-state index in [1.807, 2.05) is 25.1 Å². The van der Waals surface area contributed by atoms with Crippen molar-refractivity contribution < 1.29 is 23.9 Å². The maximum absolute atomic E-state index is 12.3. The Kier molecular flexibility index (Phi) is 7.21. The number of nitrogens with one attached hydrogen (secondary N) is 3. The van der Waals surface area contributed by atoms with Crippen molar-refractivity contribution >= 4 is 29.6 Å². The van der Waals surface area contributed by atoms with Gasteiger partial charge in [-0.15, -0.1) is 0 Å². The van der Waals surface area contributed by atoms with E-state index in [0.29, 0.717) is 17.0 Å². The van der Waals surface area contributed by atoms with Gasteiger partial charge in [-0.3, -0.25) is 14.4 Å². The largest absolute Gasteiger partial charge is 0.493 e. The Bertz CT molecular complexity index is 1000. The van der Waals surface area contributed by atoms with E-state index in [-0.39, 0.29) is 24.3 Å². The molecule has 9 heteroatoms. The summed E-state index contributed by atoms with van der Waals surface area (Å²) in [5, 5.41) is 9.17. The van der Waals surface area contributed by atoms with Gasteiger partial charge in [-0.25, -0.2) is 5.43 Å². The van der Waals surface area contributed by atoms with Crippen LogP contribution in [0.3, 0.4) is 0 Å². The summed E-state index contributed by atoms with van der Waals surface area (Å²) in [6.07, 6.45) is 3.08. The summed E-state index contributed by atoms with van der Waals surface area (Å²) in [5.41, 5.74) is 4.27. The Hall–Kier alpha value is -3.88. The summed E-state index contributed by atoms with van der Waals surface area (Å²) in [5.74, 6) is -1.25. The lowest BCUT2D eigenvalue weighted by Gasteiger charge is -2.13. The number of rotatable bonds is 8. The summed E-state index contributed by atoms with van der Waals surface area (Å²) in [6.45, 7) is 1.64. The van der Waals surface area contributed by atoms with Crippen LogP contribution in [-0.4, -0.2) is 43.7 Å². The van der Waals surface area contributed by atoms with Crippen molar-refractivity contribution in [2.75, 3.05) is 19.0 Å². The van der Waals surface area contributed by atoms with E-state index in [2.05, 4.69) is 21.2 Å². The van der Waals surface area contributed by atoms with Crippen molar-refractivity contribution in [2.24, 2.45) is 5.10 Å². The topological polar surface area (TPSA) is 118 Å². The minimum atomic E-state index is -0.855. The van der Waals surface area contributed by atoms with Crippen LogP contribution in [0.25, 0.3) is 0 Å². The third-order valence-electron chi connectivity index (χ3n) is 4.48. The Morgan fingerprint density at radius 3 is 2.58 bits per heavy atom. The minimum Gasteiger partial charge on any atom is -0.493 e. The van der Waals surface area contributed by atoms with Crippen LogP contribution in [-0.2, 0) is 14.4 Å². The van der Waals surface area contributed by atoms with Crippen LogP contribution in [0.1, 0.15) is 24.0 Å². The lowest BCUT2D eigenvalue weighted by molar-refractivity contribution is -0.139. The Balaban J connectivity index is 1.62. The van der Waals surface area contributed by atoms with Crippen molar-refractivity contribution in [1.29, 1.82) is 0 Å². The maximum Gasteiger partial charge on any atom is 0.329 e. The highest BCUT2D eigenvalue weighted by Crippen LogP contribution is 2.30. The Morgan fingerprint density at radius 2 is 1.87 bits per heavy atom. The molecule has 0 unspecified atom stereocenters. The maximum atomic E-state index is 12.3. The van der Waals surface area contributed by atoms with E-state index in [1.54, 1.807) is 24.3 Å². The fraction of sp³-hybridized carbons (Fsp3) is 0.273. The number of nitrogens with zero attached hydrogens (tertiary/aromatic N) is 1. The van der Waals surface area contributed by atoms with Crippen LogP contribution in [0.2, 0.25) is 0 Å². The summed E-state index contributed by atoms with van der Waals surface area (Å²) in [6, 6.07) is 12.5. The number of ether oxygens (including phenoxy) is 2. The smallest absolute Gasteiger partial charge is 0.329 e. The molecule has 2 aromatic carbocycles. The van der Waals surface area contributed by atoms with E-state index in [1.165, 1.54) is 13.3 Å². The molecule has 162 valence electrons. The molecule has 1 aliphatic rings. The summed E-state index contributed by atoms with van der Waals surface area (Å²) >= 11 is 0. The van der Waals surface area contributed by atoms with Crippen molar-refractivity contribution in [1.82, 2.24) is 10.7 Å². The third-order valence-corrected chi connectivity index (χ3v) is 4.48. The number of carbonyl (C=O) groups is 3. The Labute approximate surface area is 179 Å². The molecule has 3 N–H and O–H groups in total. The van der Waals surface area contributed by atoms with Crippen LogP contribution in [0, 0.1) is 6.92 Å². The molecule has 0 saturated heterocycles. The van der Waals surface area contributed by atoms with Gasteiger partial charge in [0.05, 0.1) is 13.3 Å². The van der Waals surface area contributed by atoms with Crippen LogP contribution in [0.5, 0.6) is 11.5 Å². The van der Waals surface area contributed by atoms with Gasteiger partial charge in [0.1, 0.15) is 0 Å². The summed E-state index contributed by atoms with van der Waals surface area (Å²) in [4.78, 5) is 35.8. The molecule has 0 atom stereocenters. The van der Waals surface area contributed by atoms with Gasteiger partial charge in [0.25, 0.3) is 5.91 Å². The van der Waals surface area contributed by atoms with E-state index in [4.69, 9.17) is 9.47 Å². The normalized spacial score (nSPS) is 12.8. The first-order valence-corrected chi connectivity index (χ1v) is 9.77. The van der Waals surface area contributed by atoms with Gasteiger partial charge >= 0.3 is 11.8 Å². The second kappa shape index (κ2) is 10.2. The highest BCUT2D eigenvalue weighted by Gasteiger charge is 2.26. The number of methoxy groups -OCH3 is 1. The first-order chi connectivity index (χ1) is 15.0. The number of anilines is 1. The average molecular weight is 424 g/mol. The lowest BCUT2D eigenvalue weighted by Crippen LogP contribution is -2.38. The number of hydrazone groups is 1. The molecule has 0 bridgehead atoms. The first kappa shape index (κ1) is 21.8. The fourth-order valence-electron chi connectivity index (χ4n) is 2.68. The minimum absolute atomic E-state index is 0.0754. The van der Waals surface area contributed by atoms with Crippen LogP contribution >= 0.6 is 0 Å². The fourth-order valence-corrected chi connectivity index (χ4v) is 2.68. The van der Waals surface area contributed by atoms with Crippen molar-refractivity contribution in [3.63, 3.8) is 0 Å². The zero-order chi connectivity index (χ0) is 22.2. The standard InChI is InChI=1S/C22H24N4O5/c1-14-6-3-4-8-17(14)25-19(27)13-31-20-15(7-5-9-18(20)30-2)12-23-26-22(29)21(28)24-16-10-11-16/h3-9,12,16H,10-11,13H2,1-2H3,(H,24,28)(H,25,27)(H,26,29)/b23-12-. The molecule has 3 rings (SSSR count). The molecule has 2 aromatic rings. The van der Waals surface area contributed by atoms with Gasteiger partial charge in [0, 0.05) is 17.3 Å². The van der Waals surface area contributed by atoms with Crippen LogP contribution < -0.4 is 25.5 Å². The van der Waals surface area contributed by atoms with Gasteiger partial charge in [-0.2, -0.15) is 5.10 Å². The second-order valence-corrected chi connectivity index (χ2v) is 6.98. The van der Waals surface area contributed by atoms with E-state index < -0.39 is 11.8 Å². The quantitative estimate of drug-likeness (QED) is 0.339. The molecule has 1 saturated carbocycles. The van der Waals surface area contributed by atoms with E-state index in [9.17, 15) is 14.4 Å². The zero-order valence-electron chi connectivity index (χ0n) is 17.3. The molecule has 0 spiro atoms. The second-order valence-electron chi connectivity index (χ2n) is 6.98. The molecule has 0 radical (unpaired) electrons. The average Bonchev–Trinajstić information content (AvgIpc) is 3.58. The first-order valence-electron chi connectivity index (χ1n) is 9.77. The monoisotopic (exact) mass is 424 g/mol. The predicted molar refractivity (Wildman–Crippen MR) is 115 cm³/mol. The molecular formula is C22H24N4O5. The SMILES string of the molecule is COc1cccc(/C=N\NC(=O)C(=O)NC2CC2)c1OCC(=O)Nc1ccccc1C. The van der Waals surface area contributed by atoms with Gasteiger partial charge in [0.2, 0.25) is 0 Å². The molecule has 9 nitrogen and oxygen atoms in total. The molecule has 0 aromatic heterocycles. The van der Waals surface area contributed by atoms with Gasteiger partial charge in [-0.05, 0) is 43.5 Å². The molecule has 0 heterocycles. The molecule has 3 amide bonds. The van der Waals surface area contributed by atoms with Gasteiger partial charge in [-0.1, -0.05) is 24.3 Å². The predicted octanol–water partition coefficient (Wildman–Crippen LogP) is 1.75. The lowest BCUT2D eigenvalue weighted by atomic mass is 10.2. The molecule has 1 aliphatic carbocycles. The van der Waals surface area contributed by atoms with Crippen molar-refractivity contribution in [2.45, 2.75) is 25.8 Å². The molecule has 1 fully saturated rings. The number of hydrogen-bond donors (Lipinski definition) is 3. The van der Waals surface area contributed by atoms with Crippen molar-refractivity contribution in [3.05, 3.63) is 53.6 Å². The molecule has 31 heavy (non-hydrogen) atoms.